The van der Waals surface area contributed by atoms with Gasteiger partial charge in [0.05, 0.1) is 18.3 Å². The molecule has 0 spiro atoms. The highest BCUT2D eigenvalue weighted by Crippen LogP contribution is 2.50. The van der Waals surface area contributed by atoms with Crippen LogP contribution < -0.4 is 30.5 Å². The Balaban J connectivity index is 0.000000146. The Morgan fingerprint density at radius 1 is 0.407 bits per heavy atom. The fourth-order valence-corrected chi connectivity index (χ4v) is 12.7. The number of hydrogen-bond donors (Lipinski definition) is 23. The van der Waals surface area contributed by atoms with Crippen molar-refractivity contribution < 1.29 is 164 Å². The van der Waals surface area contributed by atoms with Crippen molar-refractivity contribution in [2.45, 2.75) is 109 Å². The molecule has 3 aliphatic rings. The Hall–Kier alpha value is -14.2. The minimum absolute atomic E-state index is 0.0793. The van der Waals surface area contributed by atoms with Gasteiger partial charge in [0.15, 0.2) is 74.6 Å². The van der Waals surface area contributed by atoms with Crippen molar-refractivity contribution >= 4 is 38.9 Å². The second-order valence-electron chi connectivity index (χ2n) is 27.6. The lowest BCUT2D eigenvalue weighted by Crippen LogP contribution is -2.58. The van der Waals surface area contributed by atoms with Crippen LogP contribution in [0.15, 0.2) is 155 Å². The second-order valence-corrected chi connectivity index (χ2v) is 27.6. The van der Waals surface area contributed by atoms with Crippen LogP contribution in [0.2, 0.25) is 0 Å². The van der Waals surface area contributed by atoms with Crippen LogP contribution in [-0.4, -0.2) is 191 Å². The number of carbonyl (C=O) groups is 1. The topological polar surface area (TPSA) is 628 Å². The van der Waals surface area contributed by atoms with E-state index in [-0.39, 0.29) is 81.3 Å². The van der Waals surface area contributed by atoms with Crippen LogP contribution >= 0.6 is 0 Å². The summed E-state index contributed by atoms with van der Waals surface area (Å²) >= 11 is 0. The van der Waals surface area contributed by atoms with Gasteiger partial charge < -0.3 is 159 Å². The molecule has 118 heavy (non-hydrogen) atoms. The monoisotopic (exact) mass is 1630 g/mol. The zero-order valence-corrected chi connectivity index (χ0v) is 62.0. The van der Waals surface area contributed by atoms with Gasteiger partial charge in [0, 0.05) is 70.1 Å². The van der Waals surface area contributed by atoms with Gasteiger partial charge in [0.25, 0.3) is 0 Å². The van der Waals surface area contributed by atoms with E-state index in [0.29, 0.717) is 16.7 Å². The maximum absolute atomic E-state index is 12.8. The molecule has 9 unspecified atom stereocenters. The van der Waals surface area contributed by atoms with E-state index >= 15 is 0 Å². The molecule has 3 aromatic heterocycles. The Labute approximate surface area is 661 Å². The Morgan fingerprint density at radius 2 is 0.814 bits per heavy atom. The molecule has 23 N–H and O–H groups in total. The lowest BCUT2D eigenvalue weighted by atomic mass is 9.93. The third-order valence-corrected chi connectivity index (χ3v) is 19.3. The quantitative estimate of drug-likeness (QED) is 0.0365. The standard InChI is InChI=1S/C23H20O10.C22H22O10.C21H20O10.C16H12O6/c1-9-14(25)4-11(5-15(9)26)23(31)33-20-8-13-16(27)6-12(24)7-19(13)32-22(20)10-2-17(28)21(30)18(29)3-10;1-8-3-5-10(6-4-8)19-17(28)15(26)13-11(23)7-12(24)20(21(13)31-19)32-22-18(29)16(27)14(25)9(2)30-22;1-8-2-4-9(5-3-8)18-16(27)15(26)13-10(22)6-11(23)19(20(13)30-18)31-21-17(28)14(25)12(24)7-29-21;1-7-2-4-8(5-3-7)15-14(21)13(20)11-9(17)6-10(18)12(19)16(11)22-15/h2-7,20,22,24-30H,8H2,1H3;3-7,9,14,16,18,22-25,27-29H,1-2H3;2-6,12,14,17,21-25,27-28H,7H2,1H3;2-6,17-19,21H,1H3/t20-,22-;;;/m1.../s1. The first kappa shape index (κ1) is 83.2. The SMILES string of the molecule is Cc1c(O)cc(C(=O)O[C@@H]2Cc3c(O)cc(O)cc3O[C@@H]2c2cc(O)c(O)c(O)c2)cc1O.Cc1ccc(-c2oc3c(O)c(O)cc(O)c3c(=O)c2O)cc1.Cc1ccc(-c2oc3c(OC4OC(C)C(O)C(O)C4O)c(O)cc(O)c3c(=O)c2O)cc1.Cc1ccc(-c2oc3c(OC4OCC(O)C(O)C4O)c(O)cc(O)c3c(=O)c2O)cc1. The molecular formula is C82H74O36. The van der Waals surface area contributed by atoms with Gasteiger partial charge in [0.2, 0.25) is 63.4 Å². The normalized spacial score (nSPS) is 20.0. The van der Waals surface area contributed by atoms with Crippen molar-refractivity contribution in [1.82, 2.24) is 0 Å². The molecule has 15 rings (SSSR count). The fourth-order valence-electron chi connectivity index (χ4n) is 12.7. The number of aromatic hydroxyl groups is 17. The summed E-state index contributed by atoms with van der Waals surface area (Å²) in [7, 11) is 0. The van der Waals surface area contributed by atoms with E-state index in [1.807, 2.05) is 20.8 Å². The van der Waals surface area contributed by atoms with Crippen molar-refractivity contribution in [3.05, 3.63) is 197 Å². The smallest absolute Gasteiger partial charge is 0.338 e. The maximum Gasteiger partial charge on any atom is 0.338 e. The molecule has 3 aliphatic heterocycles. The molecule has 0 saturated carbocycles. The molecule has 618 valence electrons. The first-order chi connectivity index (χ1) is 55.7. The zero-order chi connectivity index (χ0) is 85.8. The van der Waals surface area contributed by atoms with Crippen LogP contribution in [0.1, 0.15) is 56.8 Å². The highest BCUT2D eigenvalue weighted by Gasteiger charge is 2.45. The Bertz CT molecular complexity index is 6030. The van der Waals surface area contributed by atoms with Crippen molar-refractivity contribution in [2.24, 2.45) is 0 Å². The number of phenolic OH excluding ortho intramolecular Hbond substituents is 14. The summed E-state index contributed by atoms with van der Waals surface area (Å²) < 4.78 is 49.7. The van der Waals surface area contributed by atoms with Crippen LogP contribution in [0.25, 0.3) is 66.9 Å². The number of carbonyl (C=O) groups excluding carboxylic acids is 1. The summed E-state index contributed by atoms with van der Waals surface area (Å²) in [4.78, 5) is 50.6. The molecule has 0 aliphatic carbocycles. The number of aryl methyl sites for hydroxylation is 3. The summed E-state index contributed by atoms with van der Waals surface area (Å²) in [5.74, 6) is -12.4. The molecule has 9 aromatic carbocycles. The van der Waals surface area contributed by atoms with E-state index in [2.05, 4.69) is 0 Å². The lowest BCUT2D eigenvalue weighted by molar-refractivity contribution is -0.268. The van der Waals surface area contributed by atoms with E-state index in [9.17, 15) is 137 Å². The summed E-state index contributed by atoms with van der Waals surface area (Å²) in [5.41, 5.74) is 0.289. The molecule has 0 radical (unpaired) electrons. The average molecular weight is 1640 g/mol. The highest BCUT2D eigenvalue weighted by molar-refractivity contribution is 5.96. The van der Waals surface area contributed by atoms with Crippen LogP contribution in [0.5, 0.6) is 115 Å². The van der Waals surface area contributed by atoms with Crippen molar-refractivity contribution in [3.63, 3.8) is 0 Å². The number of aliphatic hydroxyl groups is 6. The largest absolute Gasteiger partial charge is 0.508 e. The number of phenols is 14. The second kappa shape index (κ2) is 32.9. The minimum Gasteiger partial charge on any atom is -0.508 e. The van der Waals surface area contributed by atoms with Gasteiger partial charge in [-0.15, -0.1) is 0 Å². The third-order valence-electron chi connectivity index (χ3n) is 19.3. The van der Waals surface area contributed by atoms with Crippen molar-refractivity contribution in [1.29, 1.82) is 0 Å². The number of fused-ring (bicyclic) bond motifs is 4. The molecule has 2 fully saturated rings. The molecular weight excluding hydrogens is 1560 g/mol. The van der Waals surface area contributed by atoms with E-state index in [1.165, 1.54) is 19.9 Å². The van der Waals surface area contributed by atoms with Crippen LogP contribution in [0.3, 0.4) is 0 Å². The van der Waals surface area contributed by atoms with E-state index < -0.39 is 209 Å². The number of hydrogen-bond acceptors (Lipinski definition) is 36. The van der Waals surface area contributed by atoms with Crippen molar-refractivity contribution in [3.8, 4) is 149 Å². The number of esters is 1. The lowest BCUT2D eigenvalue weighted by Gasteiger charge is -2.38. The van der Waals surface area contributed by atoms with Crippen LogP contribution in [-0.2, 0) is 20.6 Å². The van der Waals surface area contributed by atoms with Gasteiger partial charge in [-0.05, 0) is 58.9 Å². The van der Waals surface area contributed by atoms with Gasteiger partial charge in [-0.25, -0.2) is 4.79 Å². The number of aliphatic hydroxyl groups excluding tert-OH is 6. The van der Waals surface area contributed by atoms with E-state index in [4.69, 9.17) is 41.7 Å². The molecule has 36 nitrogen and oxygen atoms in total. The zero-order valence-electron chi connectivity index (χ0n) is 62.0. The molecule has 36 heteroatoms. The van der Waals surface area contributed by atoms with Crippen LogP contribution in [0.4, 0.5) is 0 Å². The van der Waals surface area contributed by atoms with Crippen LogP contribution in [0, 0.1) is 27.7 Å². The predicted octanol–water partition coefficient (Wildman–Crippen LogP) is 7.22. The minimum atomic E-state index is -1.70. The number of benzene rings is 9. The molecule has 0 bridgehead atoms. The van der Waals surface area contributed by atoms with Gasteiger partial charge >= 0.3 is 5.97 Å². The van der Waals surface area contributed by atoms with Gasteiger partial charge in [0.1, 0.15) is 105 Å². The van der Waals surface area contributed by atoms with Gasteiger partial charge in [-0.1, -0.05) is 89.5 Å². The molecule has 0 amide bonds. The Kier molecular flexibility index (Phi) is 23.2. The molecule has 6 heterocycles. The molecule has 11 atom stereocenters. The number of ether oxygens (including phenoxy) is 6. The van der Waals surface area contributed by atoms with Crippen molar-refractivity contribution in [2.75, 3.05) is 6.61 Å². The third kappa shape index (κ3) is 16.2. The van der Waals surface area contributed by atoms with Gasteiger partial charge in [-0.3, -0.25) is 14.4 Å². The summed E-state index contributed by atoms with van der Waals surface area (Å²) in [6.45, 7) is 8.12. The first-order valence-electron chi connectivity index (χ1n) is 35.3. The molecule has 2 saturated heterocycles. The first-order valence-corrected chi connectivity index (χ1v) is 35.3. The molecule has 12 aromatic rings. The summed E-state index contributed by atoms with van der Waals surface area (Å²) in [5, 5.41) is 229. The number of rotatable bonds is 10. The highest BCUT2D eigenvalue weighted by atomic mass is 16.7. The van der Waals surface area contributed by atoms with E-state index in [1.54, 1.807) is 72.8 Å². The maximum atomic E-state index is 12.8. The summed E-state index contributed by atoms with van der Waals surface area (Å²) in [6.07, 6.45) is -15.6. The fraction of sp³-hybridized carbons (Fsp3) is 0.220. The average Bonchev–Trinajstić information content (AvgIpc) is 0.763. The van der Waals surface area contributed by atoms with E-state index in [0.717, 1.165) is 65.2 Å². The summed E-state index contributed by atoms with van der Waals surface area (Å²) in [6, 6.07) is 29.4. The predicted molar refractivity (Wildman–Crippen MR) is 408 cm³/mol. The van der Waals surface area contributed by atoms with Gasteiger partial charge in [-0.2, -0.15) is 0 Å². The Morgan fingerprint density at radius 3 is 1.27 bits per heavy atom.